The van der Waals surface area contributed by atoms with E-state index in [0.717, 1.165) is 0 Å². The molecule has 0 radical (unpaired) electrons. The molecule has 0 amide bonds. The van der Waals surface area contributed by atoms with Crippen molar-refractivity contribution in [3.63, 3.8) is 0 Å². The highest BCUT2D eigenvalue weighted by atomic mass is 35.5. The van der Waals surface area contributed by atoms with Gasteiger partial charge in [0.15, 0.2) is 0 Å². The predicted octanol–water partition coefficient (Wildman–Crippen LogP) is 2.15. The van der Waals surface area contributed by atoms with Gasteiger partial charge in [-0.1, -0.05) is 11.6 Å². The molecule has 2 heterocycles. The second-order valence-electron chi connectivity index (χ2n) is 4.74. The fraction of sp³-hybridized carbons (Fsp3) is 0.133. The fourth-order valence-corrected chi connectivity index (χ4v) is 2.27. The molecule has 0 spiro atoms. The maximum atomic E-state index is 13.1. The van der Waals surface area contributed by atoms with Crippen LogP contribution in [0.5, 0.6) is 5.75 Å². The smallest absolute Gasteiger partial charge is 0.258 e. The van der Waals surface area contributed by atoms with E-state index in [1.165, 1.54) is 24.4 Å². The Balaban J connectivity index is 1.91. The van der Waals surface area contributed by atoms with Gasteiger partial charge in [-0.05, 0) is 18.2 Å². The molecule has 0 aliphatic heterocycles. The summed E-state index contributed by atoms with van der Waals surface area (Å²) in [7, 11) is 0. The van der Waals surface area contributed by atoms with Gasteiger partial charge in [-0.15, -0.1) is 0 Å². The number of pyridine rings is 1. The van der Waals surface area contributed by atoms with Gasteiger partial charge in [0.25, 0.3) is 5.56 Å². The van der Waals surface area contributed by atoms with E-state index in [4.69, 9.17) is 22.1 Å². The number of aromatic amines is 1. The van der Waals surface area contributed by atoms with E-state index in [2.05, 4.69) is 15.0 Å². The highest BCUT2D eigenvalue weighted by Crippen LogP contribution is 2.21. The van der Waals surface area contributed by atoms with Crippen molar-refractivity contribution >= 4 is 22.5 Å². The molecule has 3 N–H and O–H groups in total. The van der Waals surface area contributed by atoms with Crippen molar-refractivity contribution in [2.45, 2.75) is 13.2 Å². The number of fused-ring (bicyclic) bond motifs is 1. The fourth-order valence-electron chi connectivity index (χ4n) is 2.10. The predicted molar refractivity (Wildman–Crippen MR) is 83.8 cm³/mol. The van der Waals surface area contributed by atoms with Crippen LogP contribution in [0.25, 0.3) is 10.9 Å². The van der Waals surface area contributed by atoms with Gasteiger partial charge in [-0.25, -0.2) is 9.37 Å². The molecule has 3 rings (SSSR count). The topological polar surface area (TPSA) is 93.9 Å². The Morgan fingerprint density at radius 3 is 2.91 bits per heavy atom. The van der Waals surface area contributed by atoms with Crippen LogP contribution < -0.4 is 16.0 Å². The van der Waals surface area contributed by atoms with Crippen molar-refractivity contribution in [3.05, 3.63) is 63.2 Å². The minimum atomic E-state index is -0.532. The molecule has 0 aliphatic rings. The van der Waals surface area contributed by atoms with Gasteiger partial charge >= 0.3 is 0 Å². The third-order valence-electron chi connectivity index (χ3n) is 3.21. The van der Waals surface area contributed by atoms with Gasteiger partial charge in [0.1, 0.15) is 29.5 Å². The van der Waals surface area contributed by atoms with E-state index in [9.17, 15) is 9.18 Å². The zero-order valence-electron chi connectivity index (χ0n) is 11.8. The highest BCUT2D eigenvalue weighted by Gasteiger charge is 2.09. The van der Waals surface area contributed by atoms with Crippen molar-refractivity contribution in [3.8, 4) is 5.75 Å². The molecule has 23 heavy (non-hydrogen) atoms. The number of nitrogens with one attached hydrogen (secondary N) is 1. The van der Waals surface area contributed by atoms with E-state index in [1.807, 2.05) is 0 Å². The van der Waals surface area contributed by atoms with E-state index >= 15 is 0 Å². The average molecular weight is 335 g/mol. The second-order valence-corrected chi connectivity index (χ2v) is 5.14. The molecule has 8 heteroatoms. The van der Waals surface area contributed by atoms with Crippen molar-refractivity contribution in [2.75, 3.05) is 0 Å². The summed E-state index contributed by atoms with van der Waals surface area (Å²) in [5, 5.41) is 0.367. The molecule has 118 valence electrons. The summed E-state index contributed by atoms with van der Waals surface area (Å²) in [5.41, 5.74) is 6.28. The third kappa shape index (κ3) is 3.15. The molecular formula is C15H12ClFN4O2. The summed E-state index contributed by atoms with van der Waals surface area (Å²) >= 11 is 5.69. The second kappa shape index (κ2) is 6.31. The molecule has 0 aliphatic carbocycles. The van der Waals surface area contributed by atoms with Crippen LogP contribution in [0.15, 0.2) is 35.3 Å². The van der Waals surface area contributed by atoms with E-state index in [1.54, 1.807) is 6.07 Å². The molecule has 0 atom stereocenters. The van der Waals surface area contributed by atoms with Gasteiger partial charge in [0.05, 0.1) is 16.1 Å². The summed E-state index contributed by atoms with van der Waals surface area (Å²) in [5.74, 6) is 0.143. The molecule has 0 bridgehead atoms. The Morgan fingerprint density at radius 2 is 2.17 bits per heavy atom. The molecule has 0 saturated carbocycles. The summed E-state index contributed by atoms with van der Waals surface area (Å²) < 4.78 is 18.6. The number of hydrogen-bond acceptors (Lipinski definition) is 5. The number of ether oxygens (including phenoxy) is 1. The SMILES string of the molecule is NCc1nccc2c(=O)[nH]c(COc3ccc(F)c(Cl)c3)nc12. The molecule has 0 saturated heterocycles. The number of benzene rings is 1. The first kappa shape index (κ1) is 15.4. The molecule has 1 aromatic carbocycles. The van der Waals surface area contributed by atoms with E-state index < -0.39 is 5.82 Å². The molecule has 6 nitrogen and oxygen atoms in total. The first-order valence-corrected chi connectivity index (χ1v) is 7.11. The quantitative estimate of drug-likeness (QED) is 0.762. The lowest BCUT2D eigenvalue weighted by atomic mass is 10.2. The number of halogens is 2. The van der Waals surface area contributed by atoms with E-state index in [-0.39, 0.29) is 23.7 Å². The number of hydrogen-bond donors (Lipinski definition) is 2. The van der Waals surface area contributed by atoms with Crippen LogP contribution in [0.3, 0.4) is 0 Å². The first-order valence-electron chi connectivity index (χ1n) is 6.73. The summed E-state index contributed by atoms with van der Waals surface area (Å²) in [6.45, 7) is 0.160. The summed E-state index contributed by atoms with van der Waals surface area (Å²) in [4.78, 5) is 23.2. The van der Waals surface area contributed by atoms with Gasteiger partial charge in [-0.3, -0.25) is 9.78 Å². The Labute approximate surface area is 135 Å². The number of H-pyrrole nitrogens is 1. The minimum Gasteiger partial charge on any atom is -0.486 e. The Hall–Kier alpha value is -2.51. The minimum absolute atomic E-state index is 0.00789. The van der Waals surface area contributed by atoms with Crippen LogP contribution in [-0.4, -0.2) is 15.0 Å². The molecule has 2 aromatic heterocycles. The lowest BCUT2D eigenvalue weighted by molar-refractivity contribution is 0.295. The van der Waals surface area contributed by atoms with E-state index in [0.29, 0.717) is 28.2 Å². The lowest BCUT2D eigenvalue weighted by Crippen LogP contribution is -2.15. The van der Waals surface area contributed by atoms with Crippen LogP contribution in [0.4, 0.5) is 4.39 Å². The number of rotatable bonds is 4. The maximum absolute atomic E-state index is 13.1. The molecule has 3 aromatic rings. The Kier molecular flexibility index (Phi) is 4.22. The van der Waals surface area contributed by atoms with Gasteiger partial charge < -0.3 is 15.5 Å². The maximum Gasteiger partial charge on any atom is 0.258 e. The van der Waals surface area contributed by atoms with Crippen molar-refractivity contribution in [2.24, 2.45) is 5.73 Å². The van der Waals surface area contributed by atoms with Crippen LogP contribution >= 0.6 is 11.6 Å². The first-order chi connectivity index (χ1) is 11.1. The van der Waals surface area contributed by atoms with Crippen LogP contribution in [0, 0.1) is 5.82 Å². The van der Waals surface area contributed by atoms with Crippen molar-refractivity contribution in [1.82, 2.24) is 15.0 Å². The van der Waals surface area contributed by atoms with Gasteiger partial charge in [-0.2, -0.15) is 0 Å². The highest BCUT2D eigenvalue weighted by molar-refractivity contribution is 6.30. The Bertz CT molecular complexity index is 929. The molecule has 0 fully saturated rings. The number of aromatic nitrogens is 3. The largest absolute Gasteiger partial charge is 0.486 e. The zero-order chi connectivity index (χ0) is 16.4. The number of nitrogens with zero attached hydrogens (tertiary/aromatic N) is 2. The van der Waals surface area contributed by atoms with Crippen LogP contribution in [0.1, 0.15) is 11.5 Å². The monoisotopic (exact) mass is 334 g/mol. The average Bonchev–Trinajstić information content (AvgIpc) is 2.55. The lowest BCUT2D eigenvalue weighted by Gasteiger charge is -2.08. The summed E-state index contributed by atoms with van der Waals surface area (Å²) in [6.07, 6.45) is 1.51. The Morgan fingerprint density at radius 1 is 1.35 bits per heavy atom. The van der Waals surface area contributed by atoms with Crippen molar-refractivity contribution in [1.29, 1.82) is 0 Å². The van der Waals surface area contributed by atoms with Gasteiger partial charge in [0.2, 0.25) is 0 Å². The molecule has 0 unspecified atom stereocenters. The normalized spacial score (nSPS) is 10.9. The standard InChI is InChI=1S/C15H12ClFN4O2/c16-10-5-8(1-2-11(10)17)23-7-13-20-14-9(15(22)21-13)3-4-19-12(14)6-18/h1-5H,6-7,18H2,(H,20,21,22). The van der Waals surface area contributed by atoms with Gasteiger partial charge in [0, 0.05) is 18.8 Å². The molecular weight excluding hydrogens is 323 g/mol. The number of nitrogens with two attached hydrogens (primary N) is 1. The van der Waals surface area contributed by atoms with Crippen molar-refractivity contribution < 1.29 is 9.13 Å². The summed E-state index contributed by atoms with van der Waals surface area (Å²) in [6, 6.07) is 5.56. The van der Waals surface area contributed by atoms with Crippen LogP contribution in [0.2, 0.25) is 5.02 Å². The zero-order valence-corrected chi connectivity index (χ0v) is 12.6. The third-order valence-corrected chi connectivity index (χ3v) is 3.50. The van der Waals surface area contributed by atoms with Crippen LogP contribution in [-0.2, 0) is 13.2 Å².